The predicted molar refractivity (Wildman–Crippen MR) is 80.2 cm³/mol. The van der Waals surface area contributed by atoms with Crippen molar-refractivity contribution in [2.24, 2.45) is 5.41 Å². The zero-order valence-electron chi connectivity index (χ0n) is 13.1. The maximum atomic E-state index is 12.2. The maximum absolute atomic E-state index is 12.2. The highest BCUT2D eigenvalue weighted by Gasteiger charge is 2.44. The van der Waals surface area contributed by atoms with E-state index in [1.807, 2.05) is 0 Å². The van der Waals surface area contributed by atoms with E-state index >= 15 is 0 Å². The molecule has 2 rings (SSSR count). The number of hydrogen-bond donors (Lipinski definition) is 2. The number of rotatable bonds is 5. The lowest BCUT2D eigenvalue weighted by molar-refractivity contribution is -0.153. The third-order valence-corrected chi connectivity index (χ3v) is 5.16. The van der Waals surface area contributed by atoms with Crippen LogP contribution in [0, 0.1) is 5.41 Å². The summed E-state index contributed by atoms with van der Waals surface area (Å²) < 4.78 is 0. The van der Waals surface area contributed by atoms with Crippen molar-refractivity contribution < 1.29 is 14.7 Å². The Labute approximate surface area is 126 Å². The minimum absolute atomic E-state index is 0.119. The Bertz CT molecular complexity index is 388. The van der Waals surface area contributed by atoms with Crippen LogP contribution in [0.4, 0.5) is 4.79 Å². The van der Waals surface area contributed by atoms with E-state index in [1.54, 1.807) is 4.90 Å². The number of hydrogen-bond acceptors (Lipinski definition) is 3. The maximum Gasteiger partial charge on any atom is 0.317 e. The predicted octanol–water partition coefficient (Wildman–Crippen LogP) is 1.37. The molecule has 1 saturated carbocycles. The molecule has 1 heterocycles. The first kappa shape index (κ1) is 16.1. The molecule has 2 amide bonds. The van der Waals surface area contributed by atoms with Gasteiger partial charge in [0.05, 0.1) is 5.41 Å². The Balaban J connectivity index is 1.76. The van der Waals surface area contributed by atoms with Gasteiger partial charge in [0.25, 0.3) is 0 Å². The van der Waals surface area contributed by atoms with Gasteiger partial charge in [0.2, 0.25) is 0 Å². The number of carboxylic acid groups (broad SMARTS) is 1. The van der Waals surface area contributed by atoms with Crippen molar-refractivity contribution in [1.29, 1.82) is 0 Å². The number of nitrogens with one attached hydrogen (secondary N) is 1. The van der Waals surface area contributed by atoms with Gasteiger partial charge < -0.3 is 15.3 Å². The van der Waals surface area contributed by atoms with Crippen LogP contribution in [0.15, 0.2) is 0 Å². The first-order valence-corrected chi connectivity index (χ1v) is 7.99. The van der Waals surface area contributed by atoms with Crippen LogP contribution in [-0.2, 0) is 4.79 Å². The van der Waals surface area contributed by atoms with Crippen LogP contribution in [0.1, 0.15) is 39.5 Å². The van der Waals surface area contributed by atoms with Gasteiger partial charge in [0, 0.05) is 38.8 Å². The average Bonchev–Trinajstić information content (AvgIpc) is 2.44. The molecule has 1 atom stereocenters. The second kappa shape index (κ2) is 6.64. The molecule has 0 aromatic heterocycles. The lowest BCUT2D eigenvalue weighted by Gasteiger charge is -2.40. The summed E-state index contributed by atoms with van der Waals surface area (Å²) in [5.41, 5.74) is -0.714. The standard InChI is InChI=1S/C15H27N3O3/c1-3-12(2)17-7-9-18(10-8-17)14(21)16-11-15(13(19)20)5-4-6-15/h12H,3-11H2,1-2H3,(H,16,21)(H,19,20). The van der Waals surface area contributed by atoms with Gasteiger partial charge >= 0.3 is 12.0 Å². The van der Waals surface area contributed by atoms with Gasteiger partial charge in [-0.1, -0.05) is 13.3 Å². The molecule has 0 bridgehead atoms. The summed E-state index contributed by atoms with van der Waals surface area (Å²) >= 11 is 0. The van der Waals surface area contributed by atoms with Crippen LogP contribution in [0.2, 0.25) is 0 Å². The summed E-state index contributed by atoms with van der Waals surface area (Å²) in [6, 6.07) is 0.437. The fourth-order valence-electron chi connectivity index (χ4n) is 3.05. The number of aliphatic carboxylic acids is 1. The number of carbonyl (C=O) groups is 2. The van der Waals surface area contributed by atoms with E-state index in [1.165, 1.54) is 0 Å². The van der Waals surface area contributed by atoms with Crippen molar-refractivity contribution in [1.82, 2.24) is 15.1 Å². The van der Waals surface area contributed by atoms with Crippen LogP contribution >= 0.6 is 0 Å². The van der Waals surface area contributed by atoms with E-state index < -0.39 is 11.4 Å². The molecule has 1 unspecified atom stereocenters. The molecule has 0 aromatic rings. The number of carboxylic acids is 1. The lowest BCUT2D eigenvalue weighted by atomic mass is 9.69. The van der Waals surface area contributed by atoms with Crippen molar-refractivity contribution >= 4 is 12.0 Å². The summed E-state index contributed by atoms with van der Waals surface area (Å²) in [5, 5.41) is 12.1. The molecule has 1 aliphatic heterocycles. The monoisotopic (exact) mass is 297 g/mol. The van der Waals surface area contributed by atoms with Gasteiger partial charge in [0.15, 0.2) is 0 Å². The van der Waals surface area contributed by atoms with Crippen molar-refractivity contribution in [3.8, 4) is 0 Å². The summed E-state index contributed by atoms with van der Waals surface area (Å²) in [6.07, 6.45) is 3.40. The molecule has 2 N–H and O–H groups in total. The number of carbonyl (C=O) groups excluding carboxylic acids is 1. The van der Waals surface area contributed by atoms with Crippen LogP contribution in [-0.4, -0.2) is 65.7 Å². The first-order valence-electron chi connectivity index (χ1n) is 7.99. The average molecular weight is 297 g/mol. The molecule has 0 radical (unpaired) electrons. The molecule has 2 aliphatic rings. The molecule has 120 valence electrons. The molecular weight excluding hydrogens is 270 g/mol. The van der Waals surface area contributed by atoms with Crippen LogP contribution in [0.25, 0.3) is 0 Å². The molecule has 0 aromatic carbocycles. The van der Waals surface area contributed by atoms with Crippen molar-refractivity contribution in [3.63, 3.8) is 0 Å². The van der Waals surface area contributed by atoms with Gasteiger partial charge in [-0.2, -0.15) is 0 Å². The Hall–Kier alpha value is -1.30. The molecule has 6 nitrogen and oxygen atoms in total. The number of piperazine rings is 1. The normalized spacial score (nSPS) is 23.2. The van der Waals surface area contributed by atoms with Crippen molar-refractivity contribution in [3.05, 3.63) is 0 Å². The Morgan fingerprint density at radius 2 is 1.86 bits per heavy atom. The second-order valence-electron chi connectivity index (χ2n) is 6.38. The molecular formula is C15H27N3O3. The third kappa shape index (κ3) is 3.48. The molecule has 1 aliphatic carbocycles. The van der Waals surface area contributed by atoms with E-state index in [9.17, 15) is 14.7 Å². The van der Waals surface area contributed by atoms with Gasteiger partial charge in [0.1, 0.15) is 0 Å². The quantitative estimate of drug-likeness (QED) is 0.804. The Morgan fingerprint density at radius 3 is 2.29 bits per heavy atom. The number of nitrogens with zero attached hydrogens (tertiary/aromatic N) is 2. The lowest BCUT2D eigenvalue weighted by Crippen LogP contribution is -2.56. The van der Waals surface area contributed by atoms with E-state index in [0.717, 1.165) is 39.0 Å². The molecule has 2 fully saturated rings. The summed E-state index contributed by atoms with van der Waals surface area (Å²) in [6.45, 7) is 7.87. The zero-order valence-corrected chi connectivity index (χ0v) is 13.1. The third-order valence-electron chi connectivity index (χ3n) is 5.16. The van der Waals surface area contributed by atoms with Gasteiger partial charge in [-0.3, -0.25) is 9.69 Å². The summed E-state index contributed by atoms with van der Waals surface area (Å²) in [5.74, 6) is -0.782. The van der Waals surface area contributed by atoms with E-state index in [-0.39, 0.29) is 12.6 Å². The first-order chi connectivity index (χ1) is 9.98. The van der Waals surface area contributed by atoms with Crippen LogP contribution in [0.5, 0.6) is 0 Å². The smallest absolute Gasteiger partial charge is 0.317 e. The summed E-state index contributed by atoms with van der Waals surface area (Å²) in [4.78, 5) is 27.6. The second-order valence-corrected chi connectivity index (χ2v) is 6.38. The minimum atomic E-state index is -0.782. The largest absolute Gasteiger partial charge is 0.481 e. The molecule has 1 saturated heterocycles. The summed E-state index contributed by atoms with van der Waals surface area (Å²) in [7, 11) is 0. The van der Waals surface area contributed by atoms with Crippen molar-refractivity contribution in [2.45, 2.75) is 45.6 Å². The van der Waals surface area contributed by atoms with E-state index in [0.29, 0.717) is 18.9 Å². The SMILES string of the molecule is CCC(C)N1CCN(C(=O)NCC2(C(=O)O)CCC2)CC1. The minimum Gasteiger partial charge on any atom is -0.481 e. The fourth-order valence-corrected chi connectivity index (χ4v) is 3.05. The van der Waals surface area contributed by atoms with E-state index in [4.69, 9.17) is 0 Å². The topological polar surface area (TPSA) is 72.9 Å². The molecule has 6 heteroatoms. The number of urea groups is 1. The highest BCUT2D eigenvalue weighted by molar-refractivity contribution is 5.79. The molecule has 21 heavy (non-hydrogen) atoms. The van der Waals surface area contributed by atoms with Crippen LogP contribution < -0.4 is 5.32 Å². The number of amides is 2. The van der Waals surface area contributed by atoms with Gasteiger partial charge in [-0.15, -0.1) is 0 Å². The van der Waals surface area contributed by atoms with Crippen LogP contribution in [0.3, 0.4) is 0 Å². The zero-order chi connectivity index (χ0) is 15.5. The van der Waals surface area contributed by atoms with E-state index in [2.05, 4.69) is 24.1 Å². The highest BCUT2D eigenvalue weighted by Crippen LogP contribution is 2.40. The Kier molecular flexibility index (Phi) is 5.08. The van der Waals surface area contributed by atoms with Crippen molar-refractivity contribution in [2.75, 3.05) is 32.7 Å². The molecule has 0 spiro atoms. The Morgan fingerprint density at radius 1 is 1.24 bits per heavy atom. The van der Waals surface area contributed by atoms with Gasteiger partial charge in [-0.25, -0.2) is 4.79 Å². The highest BCUT2D eigenvalue weighted by atomic mass is 16.4. The fraction of sp³-hybridized carbons (Fsp3) is 0.867. The van der Waals surface area contributed by atoms with Gasteiger partial charge in [-0.05, 0) is 26.2 Å².